The standard InChI is InChI=1S/C42H26O/c1-2-12-28-25-30(24-23-27(28)11-1)29-13-9-14-31(26-29)40-33-16-3-5-18-35(33)41(36-19-6-4-17-34(36)40)38-21-10-20-37-32-15-7-8-22-39(32)43-42(37)38/h1-26H/i1D,2D,3D,4D,5D,6D,7D,8D,9D,10D,11D,12D,13D,14D,15D,16D,17D,18D,19D,20D,21D,22D,23D,24D,25D,26D. The van der Waals surface area contributed by atoms with Gasteiger partial charge in [-0.2, -0.15) is 0 Å². The van der Waals surface area contributed by atoms with Crippen LogP contribution in [-0.4, -0.2) is 0 Å². The Kier molecular flexibility index (Phi) is 2.13. The molecule has 0 aliphatic heterocycles. The molecule has 0 aliphatic carbocycles. The van der Waals surface area contributed by atoms with Gasteiger partial charge in [0.1, 0.15) is 11.2 Å². The van der Waals surface area contributed by atoms with Gasteiger partial charge in [0.2, 0.25) is 0 Å². The summed E-state index contributed by atoms with van der Waals surface area (Å²) in [5, 5.41) is -4.94. The lowest BCUT2D eigenvalue weighted by Crippen LogP contribution is -1.91. The average molecular weight is 573 g/mol. The van der Waals surface area contributed by atoms with Crippen molar-refractivity contribution in [1.29, 1.82) is 0 Å². The first-order valence-corrected chi connectivity index (χ1v) is 12.7. The number of para-hydroxylation sites is 2. The lowest BCUT2D eigenvalue weighted by molar-refractivity contribution is 0.670. The van der Waals surface area contributed by atoms with Crippen LogP contribution in [0.25, 0.3) is 87.6 Å². The number of hydrogen-bond donors (Lipinski definition) is 0. The van der Waals surface area contributed by atoms with Crippen molar-refractivity contribution in [2.75, 3.05) is 0 Å². The van der Waals surface area contributed by atoms with Gasteiger partial charge in [0.15, 0.2) is 0 Å². The van der Waals surface area contributed by atoms with Crippen LogP contribution in [0.2, 0.25) is 0 Å². The van der Waals surface area contributed by atoms with Crippen molar-refractivity contribution < 1.29 is 40.1 Å². The highest BCUT2D eigenvalue weighted by molar-refractivity contribution is 6.24. The number of fused-ring (bicyclic) bond motifs is 6. The minimum absolute atomic E-state index is 0.420. The van der Waals surface area contributed by atoms with Crippen molar-refractivity contribution in [2.45, 2.75) is 0 Å². The van der Waals surface area contributed by atoms with Crippen molar-refractivity contribution in [1.82, 2.24) is 0 Å². The number of rotatable bonds is 3. The van der Waals surface area contributed by atoms with Crippen LogP contribution in [0.5, 0.6) is 0 Å². The van der Waals surface area contributed by atoms with Crippen LogP contribution in [0.15, 0.2) is 162 Å². The first-order valence-electron chi connectivity index (χ1n) is 25.7. The van der Waals surface area contributed by atoms with Crippen LogP contribution >= 0.6 is 0 Å². The van der Waals surface area contributed by atoms with E-state index in [1.807, 2.05) is 0 Å². The Morgan fingerprint density at radius 3 is 1.70 bits per heavy atom. The third-order valence-corrected chi connectivity index (χ3v) is 6.94. The Labute approximate surface area is 285 Å². The van der Waals surface area contributed by atoms with E-state index >= 15 is 0 Å². The Hall–Kier alpha value is -5.66. The van der Waals surface area contributed by atoms with Gasteiger partial charge in [-0.15, -0.1) is 0 Å². The molecule has 0 N–H and O–H groups in total. The second kappa shape index (κ2) is 9.44. The molecule has 0 saturated heterocycles. The zero-order valence-corrected chi connectivity index (χ0v) is 21.4. The topological polar surface area (TPSA) is 13.1 Å². The molecule has 43 heavy (non-hydrogen) atoms. The van der Waals surface area contributed by atoms with E-state index in [4.69, 9.17) is 29.1 Å². The van der Waals surface area contributed by atoms with Gasteiger partial charge < -0.3 is 4.42 Å². The van der Waals surface area contributed by atoms with E-state index in [0.29, 0.717) is 0 Å². The highest BCUT2D eigenvalue weighted by Crippen LogP contribution is 2.46. The second-order valence-corrected chi connectivity index (χ2v) is 9.26. The van der Waals surface area contributed by atoms with E-state index in [-0.39, 0.29) is 0 Å². The number of benzene rings is 8. The van der Waals surface area contributed by atoms with Crippen molar-refractivity contribution >= 4 is 54.3 Å². The van der Waals surface area contributed by atoms with Gasteiger partial charge in [-0.3, -0.25) is 0 Å². The van der Waals surface area contributed by atoms with Gasteiger partial charge >= 0.3 is 0 Å². The Morgan fingerprint density at radius 2 is 0.930 bits per heavy atom. The van der Waals surface area contributed by atoms with E-state index in [2.05, 4.69) is 0 Å². The lowest BCUT2D eigenvalue weighted by atomic mass is 9.85. The van der Waals surface area contributed by atoms with E-state index in [1.54, 1.807) is 0 Å². The molecule has 0 aliphatic rings. The zero-order chi connectivity index (χ0) is 51.0. The lowest BCUT2D eigenvalue weighted by Gasteiger charge is -2.18. The highest BCUT2D eigenvalue weighted by Gasteiger charge is 2.20. The molecule has 1 heteroatoms. The Morgan fingerprint density at radius 1 is 0.372 bits per heavy atom. The first-order chi connectivity index (χ1) is 32.2. The molecule has 0 fully saturated rings. The van der Waals surface area contributed by atoms with Crippen molar-refractivity contribution in [3.8, 4) is 33.4 Å². The summed E-state index contributed by atoms with van der Waals surface area (Å²) in [5.41, 5.74) is -5.78. The SMILES string of the molecule is [2H]c1c([2H])c(-c2c([2H])c([2H])c3c([2H])c([2H])c([2H])c([2H])c3c2[2H])c([2H])c(-c2c3c([2H])c([2H])c([2H])c([2H])c3c(-c3c([2H])c([2H])c([2H])c4c3oc3c([2H])c([2H])c([2H])c([2H])c34)c3c([2H])c([2H])c([2H])c([2H])c23)c1[2H]. The Bertz CT molecular complexity index is 3890. The van der Waals surface area contributed by atoms with Crippen LogP contribution in [0.4, 0.5) is 0 Å². The summed E-state index contributed by atoms with van der Waals surface area (Å²) in [5.74, 6) is 0. The molecule has 0 saturated carbocycles. The molecule has 0 spiro atoms. The molecule has 8 aromatic carbocycles. The third kappa shape index (κ3) is 3.72. The molecule has 200 valence electrons. The normalized spacial score (nSPS) is 20.2. The molecule has 1 heterocycles. The minimum Gasteiger partial charge on any atom is -0.455 e. The summed E-state index contributed by atoms with van der Waals surface area (Å²) in [4.78, 5) is 0. The molecule has 9 aromatic rings. The highest BCUT2D eigenvalue weighted by atomic mass is 16.3. The van der Waals surface area contributed by atoms with Gasteiger partial charge in [0.25, 0.3) is 0 Å². The molecule has 0 atom stereocenters. The summed E-state index contributed by atoms with van der Waals surface area (Å²) >= 11 is 0. The second-order valence-electron chi connectivity index (χ2n) is 9.26. The van der Waals surface area contributed by atoms with Gasteiger partial charge in [-0.05, 0) is 72.7 Å². The fraction of sp³-hybridized carbons (Fsp3) is 0. The summed E-state index contributed by atoms with van der Waals surface area (Å²) in [7, 11) is 0. The summed E-state index contributed by atoms with van der Waals surface area (Å²) in [6.45, 7) is 0. The summed E-state index contributed by atoms with van der Waals surface area (Å²) in [6, 6.07) is -23.7. The average Bonchev–Trinajstić information content (AvgIpc) is 3.72. The van der Waals surface area contributed by atoms with Crippen LogP contribution in [0.1, 0.15) is 35.6 Å². The van der Waals surface area contributed by atoms with Crippen molar-refractivity contribution in [2.24, 2.45) is 0 Å². The molecule has 0 radical (unpaired) electrons. The molecule has 0 unspecified atom stereocenters. The fourth-order valence-electron chi connectivity index (χ4n) is 5.13. The van der Waals surface area contributed by atoms with Crippen molar-refractivity contribution in [3.05, 3.63) is 157 Å². The maximum Gasteiger partial charge on any atom is 0.143 e. The number of hydrogen-bond acceptors (Lipinski definition) is 1. The van der Waals surface area contributed by atoms with Crippen molar-refractivity contribution in [3.63, 3.8) is 0 Å². The van der Waals surface area contributed by atoms with Gasteiger partial charge in [-0.1, -0.05) is 139 Å². The largest absolute Gasteiger partial charge is 0.455 e. The van der Waals surface area contributed by atoms with E-state index in [1.165, 1.54) is 0 Å². The predicted octanol–water partition coefficient (Wildman–Crippen LogP) is 12.0. The van der Waals surface area contributed by atoms with Gasteiger partial charge in [-0.25, -0.2) is 0 Å². The van der Waals surface area contributed by atoms with E-state index in [0.717, 1.165) is 0 Å². The Balaban J connectivity index is 1.61. The zero-order valence-electron chi connectivity index (χ0n) is 47.4. The molecule has 9 rings (SSSR count). The van der Waals surface area contributed by atoms with Crippen LogP contribution in [0.3, 0.4) is 0 Å². The van der Waals surface area contributed by atoms with E-state index in [9.17, 15) is 11.0 Å². The predicted molar refractivity (Wildman–Crippen MR) is 183 cm³/mol. The molecule has 0 amide bonds. The maximum absolute atomic E-state index is 9.74. The van der Waals surface area contributed by atoms with Crippen LogP contribution in [-0.2, 0) is 0 Å². The molecule has 1 nitrogen and oxygen atoms in total. The summed E-state index contributed by atoms with van der Waals surface area (Å²) < 4.78 is 238. The molecular weight excluding hydrogens is 520 g/mol. The van der Waals surface area contributed by atoms with Gasteiger partial charge in [0, 0.05) is 21.9 Å². The van der Waals surface area contributed by atoms with E-state index < -0.39 is 245 Å². The summed E-state index contributed by atoms with van der Waals surface area (Å²) in [6.07, 6.45) is 0. The van der Waals surface area contributed by atoms with Gasteiger partial charge in [0.05, 0.1) is 35.6 Å². The minimum atomic E-state index is -1.06. The molecule has 0 bridgehead atoms. The number of furan rings is 1. The first kappa shape index (κ1) is 9.69. The van der Waals surface area contributed by atoms with Crippen LogP contribution in [0, 0.1) is 0 Å². The van der Waals surface area contributed by atoms with Crippen LogP contribution < -0.4 is 0 Å². The molecular formula is C42H26O. The molecule has 1 aromatic heterocycles. The fourth-order valence-corrected chi connectivity index (χ4v) is 5.13. The monoisotopic (exact) mass is 572 g/mol. The quantitative estimate of drug-likeness (QED) is 0.192. The maximum atomic E-state index is 9.74. The smallest absolute Gasteiger partial charge is 0.143 e. The third-order valence-electron chi connectivity index (χ3n) is 6.94.